The van der Waals surface area contributed by atoms with Crippen LogP contribution >= 0.6 is 0 Å². The van der Waals surface area contributed by atoms with Crippen molar-refractivity contribution < 1.29 is 9.53 Å². The van der Waals surface area contributed by atoms with E-state index in [0.29, 0.717) is 12.4 Å². The van der Waals surface area contributed by atoms with Gasteiger partial charge in [-0.25, -0.2) is 9.67 Å². The van der Waals surface area contributed by atoms with Crippen molar-refractivity contribution in [3.05, 3.63) is 60.4 Å². The average Bonchev–Trinajstić information content (AvgIpc) is 3.02. The molecule has 0 saturated heterocycles. The van der Waals surface area contributed by atoms with E-state index in [1.807, 2.05) is 61.5 Å². The van der Waals surface area contributed by atoms with Gasteiger partial charge >= 0.3 is 0 Å². The summed E-state index contributed by atoms with van der Waals surface area (Å²) < 4.78 is 7.11. The Morgan fingerprint density at radius 2 is 1.96 bits per heavy atom. The third-order valence-electron chi connectivity index (χ3n) is 3.23. The molecule has 0 fully saturated rings. The number of hydrogen-bond acceptors (Lipinski definition) is 4. The number of benzene rings is 2. The first kappa shape index (κ1) is 14.8. The molecule has 23 heavy (non-hydrogen) atoms. The molecule has 0 aliphatic carbocycles. The summed E-state index contributed by atoms with van der Waals surface area (Å²) in [5.41, 5.74) is 6.91. The maximum absolute atomic E-state index is 11.5. The van der Waals surface area contributed by atoms with Crippen molar-refractivity contribution in [3.63, 3.8) is 0 Å². The number of rotatable bonds is 5. The van der Waals surface area contributed by atoms with Gasteiger partial charge in [0, 0.05) is 11.6 Å². The molecule has 3 aromatic rings. The van der Waals surface area contributed by atoms with Crippen molar-refractivity contribution in [2.75, 3.05) is 6.61 Å². The number of hydrogen-bond donors (Lipinski definition) is 1. The standard InChI is InChI=1S/C17H16N4O2/c1-2-23-14-10-6-9-13(11-14)21-17(12-7-4-3-5-8-12)19-16(20-21)15(18)22/h3-11H,2H2,1H3,(H2,18,22). The van der Waals surface area contributed by atoms with Crippen LogP contribution in [0.4, 0.5) is 0 Å². The van der Waals surface area contributed by atoms with Crippen LogP contribution in [0.15, 0.2) is 54.6 Å². The van der Waals surface area contributed by atoms with Crippen LogP contribution in [0.3, 0.4) is 0 Å². The fourth-order valence-corrected chi connectivity index (χ4v) is 2.24. The number of nitrogens with two attached hydrogens (primary N) is 1. The third kappa shape index (κ3) is 3.06. The summed E-state index contributed by atoms with van der Waals surface area (Å²) in [5, 5.41) is 4.23. The molecule has 0 bridgehead atoms. The molecule has 2 aromatic carbocycles. The minimum absolute atomic E-state index is 0.0225. The molecular formula is C17H16N4O2. The van der Waals surface area contributed by atoms with Gasteiger partial charge < -0.3 is 10.5 Å². The summed E-state index contributed by atoms with van der Waals surface area (Å²) >= 11 is 0. The Balaban J connectivity index is 2.14. The second-order valence-corrected chi connectivity index (χ2v) is 4.83. The normalized spacial score (nSPS) is 10.5. The highest BCUT2D eigenvalue weighted by atomic mass is 16.5. The molecule has 1 heterocycles. The summed E-state index contributed by atoms with van der Waals surface area (Å²) in [6, 6.07) is 16.9. The molecule has 0 aliphatic rings. The SMILES string of the molecule is CCOc1cccc(-n2nc(C(N)=O)nc2-c2ccccc2)c1. The van der Waals surface area contributed by atoms with Crippen molar-refractivity contribution in [3.8, 4) is 22.8 Å². The van der Waals surface area contributed by atoms with Crippen molar-refractivity contribution in [1.29, 1.82) is 0 Å². The van der Waals surface area contributed by atoms with E-state index in [1.165, 1.54) is 0 Å². The Labute approximate surface area is 133 Å². The van der Waals surface area contributed by atoms with Crippen molar-refractivity contribution in [1.82, 2.24) is 14.8 Å². The smallest absolute Gasteiger partial charge is 0.288 e. The van der Waals surface area contributed by atoms with Gasteiger partial charge in [-0.3, -0.25) is 4.79 Å². The number of nitrogens with zero attached hydrogens (tertiary/aromatic N) is 3. The summed E-state index contributed by atoms with van der Waals surface area (Å²) in [6.07, 6.45) is 0. The molecule has 0 spiro atoms. The van der Waals surface area contributed by atoms with Crippen LogP contribution < -0.4 is 10.5 Å². The molecule has 6 nitrogen and oxygen atoms in total. The van der Waals surface area contributed by atoms with Crippen LogP contribution in [0.5, 0.6) is 5.75 Å². The van der Waals surface area contributed by atoms with E-state index in [2.05, 4.69) is 10.1 Å². The summed E-state index contributed by atoms with van der Waals surface area (Å²) in [5.74, 6) is 0.584. The molecular weight excluding hydrogens is 292 g/mol. The summed E-state index contributed by atoms with van der Waals surface area (Å²) in [7, 11) is 0. The fraction of sp³-hybridized carbons (Fsp3) is 0.118. The number of aromatic nitrogens is 3. The average molecular weight is 308 g/mol. The highest BCUT2D eigenvalue weighted by Crippen LogP contribution is 2.23. The summed E-state index contributed by atoms with van der Waals surface area (Å²) in [4.78, 5) is 15.7. The van der Waals surface area contributed by atoms with E-state index in [9.17, 15) is 4.79 Å². The van der Waals surface area contributed by atoms with E-state index in [4.69, 9.17) is 10.5 Å². The molecule has 1 aromatic heterocycles. The molecule has 0 saturated carbocycles. The molecule has 0 radical (unpaired) electrons. The third-order valence-corrected chi connectivity index (χ3v) is 3.23. The van der Waals surface area contributed by atoms with Crippen LogP contribution in [0, 0.1) is 0 Å². The first-order valence-corrected chi connectivity index (χ1v) is 7.24. The van der Waals surface area contributed by atoms with E-state index in [0.717, 1.165) is 17.0 Å². The Morgan fingerprint density at radius 1 is 1.17 bits per heavy atom. The zero-order valence-corrected chi connectivity index (χ0v) is 12.6. The van der Waals surface area contributed by atoms with Gasteiger partial charge in [0.2, 0.25) is 5.82 Å². The predicted octanol–water partition coefficient (Wildman–Crippen LogP) is 2.43. The van der Waals surface area contributed by atoms with Gasteiger partial charge in [0.15, 0.2) is 5.82 Å². The fourth-order valence-electron chi connectivity index (χ4n) is 2.24. The zero-order valence-electron chi connectivity index (χ0n) is 12.6. The van der Waals surface area contributed by atoms with Gasteiger partial charge in [-0.1, -0.05) is 36.4 Å². The van der Waals surface area contributed by atoms with Gasteiger partial charge in [0.25, 0.3) is 5.91 Å². The quantitative estimate of drug-likeness (QED) is 0.784. The number of primary amides is 1. The number of carbonyl (C=O) groups is 1. The largest absolute Gasteiger partial charge is 0.494 e. The van der Waals surface area contributed by atoms with E-state index in [1.54, 1.807) is 4.68 Å². The van der Waals surface area contributed by atoms with E-state index < -0.39 is 5.91 Å². The van der Waals surface area contributed by atoms with Crippen LogP contribution in [-0.4, -0.2) is 27.3 Å². The first-order chi connectivity index (χ1) is 11.2. The molecule has 3 rings (SSSR count). The van der Waals surface area contributed by atoms with Gasteiger partial charge in [-0.05, 0) is 19.1 Å². The minimum atomic E-state index is -0.665. The Kier molecular flexibility index (Phi) is 4.05. The monoisotopic (exact) mass is 308 g/mol. The Morgan fingerprint density at radius 3 is 2.65 bits per heavy atom. The van der Waals surface area contributed by atoms with Gasteiger partial charge in [0.1, 0.15) is 5.75 Å². The lowest BCUT2D eigenvalue weighted by atomic mass is 10.2. The van der Waals surface area contributed by atoms with E-state index >= 15 is 0 Å². The lowest BCUT2D eigenvalue weighted by molar-refractivity contribution is 0.0990. The molecule has 1 amide bonds. The zero-order chi connectivity index (χ0) is 16.2. The van der Waals surface area contributed by atoms with Crippen LogP contribution in [0.2, 0.25) is 0 Å². The number of ether oxygens (including phenoxy) is 1. The Hall–Kier alpha value is -3.15. The maximum atomic E-state index is 11.5. The molecule has 6 heteroatoms. The second kappa shape index (κ2) is 6.31. The van der Waals surface area contributed by atoms with Crippen molar-refractivity contribution >= 4 is 5.91 Å². The first-order valence-electron chi connectivity index (χ1n) is 7.24. The summed E-state index contributed by atoms with van der Waals surface area (Å²) in [6.45, 7) is 2.49. The minimum Gasteiger partial charge on any atom is -0.494 e. The highest BCUT2D eigenvalue weighted by molar-refractivity contribution is 5.89. The van der Waals surface area contributed by atoms with E-state index in [-0.39, 0.29) is 5.82 Å². The van der Waals surface area contributed by atoms with Crippen LogP contribution in [0.25, 0.3) is 17.1 Å². The van der Waals surface area contributed by atoms with Crippen molar-refractivity contribution in [2.24, 2.45) is 5.73 Å². The molecule has 0 atom stereocenters. The van der Waals surface area contributed by atoms with Crippen LogP contribution in [0.1, 0.15) is 17.5 Å². The number of carbonyl (C=O) groups excluding carboxylic acids is 1. The lowest BCUT2D eigenvalue weighted by Crippen LogP contribution is -2.13. The lowest BCUT2D eigenvalue weighted by Gasteiger charge is -2.08. The molecule has 0 aliphatic heterocycles. The van der Waals surface area contributed by atoms with Gasteiger partial charge in [0.05, 0.1) is 12.3 Å². The topological polar surface area (TPSA) is 83.0 Å². The van der Waals surface area contributed by atoms with Crippen LogP contribution in [-0.2, 0) is 0 Å². The highest BCUT2D eigenvalue weighted by Gasteiger charge is 2.16. The molecule has 116 valence electrons. The Bertz CT molecular complexity index is 828. The predicted molar refractivity (Wildman–Crippen MR) is 86.5 cm³/mol. The van der Waals surface area contributed by atoms with Gasteiger partial charge in [-0.2, -0.15) is 0 Å². The number of amides is 1. The maximum Gasteiger partial charge on any atom is 0.288 e. The van der Waals surface area contributed by atoms with Crippen molar-refractivity contribution in [2.45, 2.75) is 6.92 Å². The van der Waals surface area contributed by atoms with Gasteiger partial charge in [-0.15, -0.1) is 5.10 Å². The molecule has 0 unspecified atom stereocenters. The molecule has 2 N–H and O–H groups in total. The second-order valence-electron chi connectivity index (χ2n) is 4.83.